The number of para-hydroxylation sites is 1. The van der Waals surface area contributed by atoms with E-state index in [1.54, 1.807) is 0 Å². The van der Waals surface area contributed by atoms with E-state index in [9.17, 15) is 19.5 Å². The fourth-order valence-corrected chi connectivity index (χ4v) is 7.32. The topological polar surface area (TPSA) is 141 Å². The van der Waals surface area contributed by atoms with Gasteiger partial charge in [-0.05, 0) is 61.1 Å². The number of piperidine rings is 1. The second-order valence-corrected chi connectivity index (χ2v) is 13.6. The molecule has 2 amide bonds. The van der Waals surface area contributed by atoms with E-state index < -0.39 is 17.8 Å². The van der Waals surface area contributed by atoms with Crippen LogP contribution < -0.4 is 15.5 Å². The lowest BCUT2D eigenvalue weighted by Crippen LogP contribution is -2.57. The molecule has 266 valence electrons. The van der Waals surface area contributed by atoms with Gasteiger partial charge in [0.25, 0.3) is 0 Å². The van der Waals surface area contributed by atoms with Crippen LogP contribution in [0.25, 0.3) is 0 Å². The number of aliphatic hydroxyl groups is 1. The van der Waals surface area contributed by atoms with Gasteiger partial charge in [0.05, 0.1) is 25.5 Å². The first-order chi connectivity index (χ1) is 24.3. The Kier molecular flexibility index (Phi) is 11.8. The number of nitrogens with one attached hydrogen (secondary N) is 2. The summed E-state index contributed by atoms with van der Waals surface area (Å²) < 4.78 is 13.1. The number of ether oxygens (including phenoxy) is 2. The average Bonchev–Trinajstić information content (AvgIpc) is 3.45. The van der Waals surface area contributed by atoms with Crippen molar-refractivity contribution >= 4 is 29.2 Å². The smallest absolute Gasteiger partial charge is 0.303 e. The summed E-state index contributed by atoms with van der Waals surface area (Å²) in [6.07, 6.45) is 4.67. The van der Waals surface area contributed by atoms with Crippen molar-refractivity contribution in [1.82, 2.24) is 10.2 Å². The molecule has 0 saturated carbocycles. The second kappa shape index (κ2) is 16.6. The Bertz CT molecular complexity index is 1580. The molecular weight excluding hydrogens is 636 g/mol. The summed E-state index contributed by atoms with van der Waals surface area (Å²) in [7, 11) is 0. The Labute approximate surface area is 293 Å². The number of unbranched alkanes of at least 4 members (excludes halogenated alkanes) is 3. The van der Waals surface area contributed by atoms with Crippen molar-refractivity contribution < 1.29 is 34.1 Å². The molecule has 3 aliphatic rings. The number of carbonyl (C=O) groups is 3. The van der Waals surface area contributed by atoms with Gasteiger partial charge in [0.15, 0.2) is 6.29 Å². The standard InChI is InChI=1S/C39H48N4O7/c44-26-28-12-14-29(15-13-28)34-24-33(25-42-22-20-39(21-23-42)38(48)40-27-43(39)32-8-4-3-5-9-32)49-37(50-34)30-16-18-31(19-17-30)41-35(45)10-6-1-2-7-11-36(46)47/h3-5,8-9,12-19,33-34,37,44H,1-2,6-7,10-11,20-27H2,(H,40,48)(H,41,45)(H,46,47). The van der Waals surface area contributed by atoms with E-state index >= 15 is 0 Å². The van der Waals surface area contributed by atoms with Crippen LogP contribution in [0.15, 0.2) is 78.9 Å². The SMILES string of the molecule is O=C(O)CCCCCCC(=O)Nc1ccc(C2OC(CN3CCC4(CC3)C(=O)NCN4c3ccccc3)CC(c3ccc(CO)cc3)O2)cc1. The van der Waals surface area contributed by atoms with Crippen molar-refractivity contribution in [2.75, 3.05) is 36.5 Å². The molecule has 50 heavy (non-hydrogen) atoms. The van der Waals surface area contributed by atoms with Crippen LogP contribution >= 0.6 is 0 Å². The van der Waals surface area contributed by atoms with Crippen molar-refractivity contribution in [3.05, 3.63) is 95.6 Å². The van der Waals surface area contributed by atoms with Gasteiger partial charge in [0, 0.05) is 55.8 Å². The lowest BCUT2D eigenvalue weighted by molar-refractivity contribution is -0.253. The van der Waals surface area contributed by atoms with Gasteiger partial charge in [-0.3, -0.25) is 14.4 Å². The van der Waals surface area contributed by atoms with Gasteiger partial charge in [0.1, 0.15) is 5.54 Å². The number of hydrogen-bond acceptors (Lipinski definition) is 8. The number of rotatable bonds is 14. The Morgan fingerprint density at radius 3 is 2.22 bits per heavy atom. The molecule has 11 nitrogen and oxygen atoms in total. The van der Waals surface area contributed by atoms with E-state index in [-0.39, 0.29) is 37.0 Å². The van der Waals surface area contributed by atoms with Gasteiger partial charge in [-0.2, -0.15) is 0 Å². The Morgan fingerprint density at radius 2 is 1.54 bits per heavy atom. The second-order valence-electron chi connectivity index (χ2n) is 13.6. The molecule has 0 bridgehead atoms. The summed E-state index contributed by atoms with van der Waals surface area (Å²) in [5, 5.41) is 24.4. The summed E-state index contributed by atoms with van der Waals surface area (Å²) in [5.41, 5.74) is 3.91. The highest BCUT2D eigenvalue weighted by atomic mass is 16.7. The van der Waals surface area contributed by atoms with Crippen molar-refractivity contribution in [1.29, 1.82) is 0 Å². The van der Waals surface area contributed by atoms with Crippen molar-refractivity contribution in [3.63, 3.8) is 0 Å². The molecule has 6 rings (SSSR count). The first-order valence-corrected chi connectivity index (χ1v) is 17.8. The van der Waals surface area contributed by atoms with E-state index in [1.165, 1.54) is 0 Å². The molecule has 0 aromatic heterocycles. The zero-order valence-corrected chi connectivity index (χ0v) is 28.5. The lowest BCUT2D eigenvalue weighted by Gasteiger charge is -2.45. The maximum atomic E-state index is 13.2. The Balaban J connectivity index is 1.08. The molecule has 11 heteroatoms. The maximum Gasteiger partial charge on any atom is 0.303 e. The van der Waals surface area contributed by atoms with Crippen LogP contribution in [0.3, 0.4) is 0 Å². The molecule has 1 spiro atoms. The minimum Gasteiger partial charge on any atom is -0.481 e. The van der Waals surface area contributed by atoms with Gasteiger partial charge in [0.2, 0.25) is 11.8 Å². The molecule has 3 aromatic carbocycles. The van der Waals surface area contributed by atoms with Gasteiger partial charge in [-0.1, -0.05) is 67.4 Å². The van der Waals surface area contributed by atoms with Crippen LogP contribution in [-0.2, 0) is 30.5 Å². The van der Waals surface area contributed by atoms with Crippen molar-refractivity contribution in [3.8, 4) is 0 Å². The molecule has 0 radical (unpaired) electrons. The van der Waals surface area contributed by atoms with Crippen LogP contribution in [0, 0.1) is 0 Å². The molecule has 3 atom stereocenters. The predicted molar refractivity (Wildman–Crippen MR) is 189 cm³/mol. The van der Waals surface area contributed by atoms with E-state index in [2.05, 4.69) is 32.6 Å². The zero-order valence-electron chi connectivity index (χ0n) is 28.5. The predicted octanol–water partition coefficient (Wildman–Crippen LogP) is 5.52. The monoisotopic (exact) mass is 684 g/mol. The number of likely N-dealkylation sites (tertiary alicyclic amines) is 1. The highest BCUT2D eigenvalue weighted by molar-refractivity contribution is 5.93. The maximum absolute atomic E-state index is 13.2. The molecule has 4 N–H and O–H groups in total. The number of hydrogen-bond donors (Lipinski definition) is 4. The number of aliphatic hydroxyl groups excluding tert-OH is 1. The first-order valence-electron chi connectivity index (χ1n) is 17.8. The summed E-state index contributed by atoms with van der Waals surface area (Å²) in [4.78, 5) is 41.0. The van der Waals surface area contributed by atoms with Crippen LogP contribution in [-0.4, -0.2) is 70.8 Å². The molecule has 3 aliphatic heterocycles. The van der Waals surface area contributed by atoms with Gasteiger partial charge in [-0.15, -0.1) is 0 Å². The first kappa shape index (κ1) is 35.5. The highest BCUT2D eigenvalue weighted by Gasteiger charge is 2.50. The molecular formula is C39H48N4O7. The van der Waals surface area contributed by atoms with Crippen LogP contribution in [0.1, 0.15) is 86.9 Å². The molecule has 3 unspecified atom stereocenters. The van der Waals surface area contributed by atoms with E-state index in [0.717, 1.165) is 61.2 Å². The van der Waals surface area contributed by atoms with Crippen molar-refractivity contribution in [2.45, 2.75) is 88.4 Å². The van der Waals surface area contributed by atoms with Crippen LogP contribution in [0.4, 0.5) is 11.4 Å². The average molecular weight is 685 g/mol. The zero-order chi connectivity index (χ0) is 34.9. The van der Waals surface area contributed by atoms with Gasteiger partial charge >= 0.3 is 5.97 Å². The number of anilines is 2. The van der Waals surface area contributed by atoms with E-state index in [4.69, 9.17) is 14.6 Å². The quantitative estimate of drug-likeness (QED) is 0.162. The summed E-state index contributed by atoms with van der Waals surface area (Å²) in [5.74, 6) is -0.759. The number of carboxylic acid groups (broad SMARTS) is 1. The third-order valence-electron chi connectivity index (χ3n) is 10.2. The molecule has 3 heterocycles. The van der Waals surface area contributed by atoms with Crippen molar-refractivity contribution in [2.24, 2.45) is 0 Å². The number of nitrogens with zero attached hydrogens (tertiary/aromatic N) is 2. The number of carbonyl (C=O) groups excluding carboxylic acids is 2. The Hall–Kier alpha value is -4.29. The molecule has 3 fully saturated rings. The molecule has 0 aliphatic carbocycles. The normalized spacial score (nSPS) is 22.0. The summed E-state index contributed by atoms with van der Waals surface area (Å²) >= 11 is 0. The molecule has 3 aromatic rings. The van der Waals surface area contributed by atoms with E-state index in [0.29, 0.717) is 44.6 Å². The minimum absolute atomic E-state index is 0.0218. The third kappa shape index (κ3) is 8.70. The minimum atomic E-state index is -0.787. The number of aliphatic carboxylic acids is 1. The number of benzene rings is 3. The Morgan fingerprint density at radius 1 is 0.860 bits per heavy atom. The largest absolute Gasteiger partial charge is 0.481 e. The van der Waals surface area contributed by atoms with Gasteiger partial charge in [-0.25, -0.2) is 0 Å². The number of carboxylic acids is 1. The van der Waals surface area contributed by atoms with Gasteiger partial charge < -0.3 is 40.1 Å². The third-order valence-corrected chi connectivity index (χ3v) is 10.2. The number of amides is 2. The lowest BCUT2D eigenvalue weighted by atomic mass is 9.85. The summed E-state index contributed by atoms with van der Waals surface area (Å²) in [6.45, 7) is 2.75. The fraction of sp³-hybridized carbons (Fsp3) is 0.462. The fourth-order valence-electron chi connectivity index (χ4n) is 7.32. The molecule has 3 saturated heterocycles. The summed E-state index contributed by atoms with van der Waals surface area (Å²) in [6, 6.07) is 25.5. The van der Waals surface area contributed by atoms with E-state index in [1.807, 2.05) is 66.7 Å². The highest BCUT2D eigenvalue weighted by Crippen LogP contribution is 2.40. The van der Waals surface area contributed by atoms with Crippen LogP contribution in [0.5, 0.6) is 0 Å². The van der Waals surface area contributed by atoms with Crippen LogP contribution in [0.2, 0.25) is 0 Å².